The molecule has 1 aromatic carbocycles. The lowest BCUT2D eigenvalue weighted by molar-refractivity contribution is 1.01. The first-order valence-electron chi connectivity index (χ1n) is 5.97. The van der Waals surface area contributed by atoms with Gasteiger partial charge in [0.15, 0.2) is 4.34 Å². The van der Waals surface area contributed by atoms with Gasteiger partial charge < -0.3 is 5.32 Å². The molecule has 21 heavy (non-hydrogen) atoms. The van der Waals surface area contributed by atoms with E-state index in [1.807, 2.05) is 12.1 Å². The molecule has 3 rings (SSSR count). The maximum Gasteiger partial charge on any atom is 0.210 e. The van der Waals surface area contributed by atoms with Gasteiger partial charge in [-0.2, -0.15) is 0 Å². The number of rotatable bonds is 5. The maximum absolute atomic E-state index is 5.97. The molecule has 0 unspecified atom stereocenters. The molecule has 0 fully saturated rings. The van der Waals surface area contributed by atoms with Crippen LogP contribution in [0.5, 0.6) is 0 Å². The van der Waals surface area contributed by atoms with Gasteiger partial charge in [0.1, 0.15) is 10.0 Å². The molecule has 0 bridgehead atoms. The van der Waals surface area contributed by atoms with Gasteiger partial charge in [-0.15, -0.1) is 15.3 Å². The summed E-state index contributed by atoms with van der Waals surface area (Å²) in [5.41, 5.74) is 2.99. The molecule has 3 aromatic rings. The molecular weight excluding hydrogens is 346 g/mol. The van der Waals surface area contributed by atoms with Gasteiger partial charge in [-0.3, -0.25) is 0 Å². The van der Waals surface area contributed by atoms with Crippen LogP contribution >= 0.6 is 46.2 Å². The topological polar surface area (TPSA) is 63.6 Å². The number of anilines is 2. The number of aromatic nitrogens is 4. The molecule has 2 heterocycles. The van der Waals surface area contributed by atoms with Crippen LogP contribution in [0.2, 0.25) is 4.34 Å². The van der Waals surface area contributed by atoms with E-state index < -0.39 is 0 Å². The molecule has 0 spiro atoms. The minimum Gasteiger partial charge on any atom is -0.330 e. The number of nitrogens with one attached hydrogen (secondary N) is 1. The first-order valence-corrected chi connectivity index (χ1v) is 8.93. The number of thioether (sulfide) groups is 1. The van der Waals surface area contributed by atoms with E-state index in [0.717, 1.165) is 20.9 Å². The largest absolute Gasteiger partial charge is 0.330 e. The highest BCUT2D eigenvalue weighted by atomic mass is 35.5. The van der Waals surface area contributed by atoms with Crippen LogP contribution in [0.15, 0.2) is 28.6 Å². The van der Waals surface area contributed by atoms with Crippen LogP contribution in [0.1, 0.15) is 11.3 Å². The quantitative estimate of drug-likeness (QED) is 0.685. The van der Waals surface area contributed by atoms with E-state index >= 15 is 0 Å². The minimum absolute atomic E-state index is 0.630. The van der Waals surface area contributed by atoms with Crippen molar-refractivity contribution in [3.63, 3.8) is 0 Å². The summed E-state index contributed by atoms with van der Waals surface area (Å²) in [4.78, 5) is 0. The molecule has 108 valence electrons. The second-order valence-corrected chi connectivity index (χ2v) is 7.71. The van der Waals surface area contributed by atoms with Crippen molar-refractivity contribution in [2.45, 2.75) is 17.0 Å². The highest BCUT2D eigenvalue weighted by molar-refractivity contribution is 8.00. The Kier molecular flexibility index (Phi) is 4.69. The SMILES string of the molecule is Cc1cccc(Nc2nnc(SCc3nnsc3Cl)s2)c1. The molecule has 0 saturated carbocycles. The number of nitrogens with zero attached hydrogens (tertiary/aromatic N) is 4. The molecule has 5 nitrogen and oxygen atoms in total. The Morgan fingerprint density at radius 3 is 2.95 bits per heavy atom. The predicted molar refractivity (Wildman–Crippen MR) is 88.9 cm³/mol. The third kappa shape index (κ3) is 3.91. The van der Waals surface area contributed by atoms with Crippen LogP contribution in [0.25, 0.3) is 0 Å². The Labute approximate surface area is 138 Å². The number of aryl methyl sites for hydroxylation is 1. The van der Waals surface area contributed by atoms with Gasteiger partial charge in [0.25, 0.3) is 0 Å². The van der Waals surface area contributed by atoms with Crippen LogP contribution in [0.4, 0.5) is 10.8 Å². The first-order chi connectivity index (χ1) is 10.2. The highest BCUT2D eigenvalue weighted by Crippen LogP contribution is 2.31. The molecule has 9 heteroatoms. The molecular formula is C12H10ClN5S3. The van der Waals surface area contributed by atoms with Crippen LogP contribution in [-0.2, 0) is 5.75 Å². The van der Waals surface area contributed by atoms with Crippen LogP contribution < -0.4 is 5.32 Å². The van der Waals surface area contributed by atoms with Crippen molar-refractivity contribution in [2.75, 3.05) is 5.32 Å². The van der Waals surface area contributed by atoms with Crippen molar-refractivity contribution in [1.29, 1.82) is 0 Å². The number of hydrogen-bond acceptors (Lipinski definition) is 8. The number of benzene rings is 1. The van der Waals surface area contributed by atoms with Gasteiger partial charge >= 0.3 is 0 Å². The highest BCUT2D eigenvalue weighted by Gasteiger charge is 2.09. The van der Waals surface area contributed by atoms with Crippen LogP contribution in [0, 0.1) is 6.92 Å². The summed E-state index contributed by atoms with van der Waals surface area (Å²) in [5.74, 6) is 0.647. The molecule has 0 radical (unpaired) electrons. The average molecular weight is 356 g/mol. The van der Waals surface area contributed by atoms with Crippen molar-refractivity contribution in [1.82, 2.24) is 19.8 Å². The second-order valence-electron chi connectivity index (χ2n) is 4.15. The molecule has 0 aliphatic heterocycles. The summed E-state index contributed by atoms with van der Waals surface area (Å²) >= 11 is 10.2. The van der Waals surface area contributed by atoms with Gasteiger partial charge in [0.05, 0.1) is 0 Å². The van der Waals surface area contributed by atoms with Crippen LogP contribution in [-0.4, -0.2) is 19.8 Å². The smallest absolute Gasteiger partial charge is 0.210 e. The second kappa shape index (κ2) is 6.69. The molecule has 0 amide bonds. The monoisotopic (exact) mass is 355 g/mol. The van der Waals surface area contributed by atoms with Crippen LogP contribution in [0.3, 0.4) is 0 Å². The van der Waals surface area contributed by atoms with Crippen molar-refractivity contribution in [3.05, 3.63) is 39.9 Å². The number of halogens is 1. The van der Waals surface area contributed by atoms with Gasteiger partial charge in [-0.05, 0) is 24.6 Å². The summed E-state index contributed by atoms with van der Waals surface area (Å²) in [7, 11) is 0. The molecule has 0 aliphatic rings. The lowest BCUT2D eigenvalue weighted by Gasteiger charge is -2.01. The molecule has 0 aliphatic carbocycles. The Hall–Kier alpha value is -1.22. The Morgan fingerprint density at radius 2 is 2.19 bits per heavy atom. The molecule has 2 aromatic heterocycles. The fourth-order valence-electron chi connectivity index (χ4n) is 1.58. The lowest BCUT2D eigenvalue weighted by Crippen LogP contribution is -1.89. The van der Waals surface area contributed by atoms with E-state index in [-0.39, 0.29) is 0 Å². The van der Waals surface area contributed by atoms with E-state index in [1.165, 1.54) is 28.4 Å². The summed E-state index contributed by atoms with van der Waals surface area (Å²) < 4.78 is 5.30. The summed E-state index contributed by atoms with van der Waals surface area (Å²) in [6, 6.07) is 8.13. The summed E-state index contributed by atoms with van der Waals surface area (Å²) in [6.45, 7) is 2.05. The third-order valence-corrected chi connectivity index (χ3v) is 5.49. The van der Waals surface area contributed by atoms with Gasteiger partial charge in [0, 0.05) is 23.0 Å². The summed E-state index contributed by atoms with van der Waals surface area (Å²) in [5, 5.41) is 16.3. The lowest BCUT2D eigenvalue weighted by atomic mass is 10.2. The van der Waals surface area contributed by atoms with Gasteiger partial charge in [-0.25, -0.2) is 0 Å². The van der Waals surface area contributed by atoms with E-state index in [0.29, 0.717) is 10.1 Å². The van der Waals surface area contributed by atoms with Crippen molar-refractivity contribution >= 4 is 57.1 Å². The van der Waals surface area contributed by atoms with Crippen molar-refractivity contribution in [2.24, 2.45) is 0 Å². The van der Waals surface area contributed by atoms with Crippen molar-refractivity contribution < 1.29 is 0 Å². The third-order valence-electron chi connectivity index (χ3n) is 2.52. The zero-order valence-electron chi connectivity index (χ0n) is 10.9. The fourth-order valence-corrected chi connectivity index (χ4v) is 4.08. The van der Waals surface area contributed by atoms with E-state index in [2.05, 4.69) is 44.2 Å². The average Bonchev–Trinajstić information content (AvgIpc) is 3.06. The van der Waals surface area contributed by atoms with E-state index in [9.17, 15) is 0 Å². The Morgan fingerprint density at radius 1 is 1.29 bits per heavy atom. The predicted octanol–water partition coefficient (Wildman–Crippen LogP) is 4.39. The molecule has 1 N–H and O–H groups in total. The van der Waals surface area contributed by atoms with Gasteiger partial charge in [0.2, 0.25) is 5.13 Å². The Bertz CT molecular complexity index is 742. The maximum atomic E-state index is 5.97. The minimum atomic E-state index is 0.630. The number of hydrogen-bond donors (Lipinski definition) is 1. The zero-order chi connectivity index (χ0) is 14.7. The van der Waals surface area contributed by atoms with Gasteiger partial charge in [-0.1, -0.05) is 51.3 Å². The van der Waals surface area contributed by atoms with Crippen molar-refractivity contribution in [3.8, 4) is 0 Å². The zero-order valence-corrected chi connectivity index (χ0v) is 14.1. The van der Waals surface area contributed by atoms with E-state index in [1.54, 1.807) is 11.8 Å². The molecule has 0 atom stereocenters. The summed E-state index contributed by atoms with van der Waals surface area (Å²) in [6.07, 6.45) is 0. The normalized spacial score (nSPS) is 10.8. The Balaban J connectivity index is 1.62. The van der Waals surface area contributed by atoms with E-state index in [4.69, 9.17) is 11.6 Å². The molecule has 0 saturated heterocycles. The standard InChI is InChI=1S/C12H10ClN5S3/c1-7-3-2-4-8(5-7)14-11-16-17-12(20-11)19-6-9-10(13)21-18-15-9/h2-5H,6H2,1H3,(H,14,16). The fraction of sp³-hybridized carbons (Fsp3) is 0.167. The first kappa shape index (κ1) is 14.7.